The van der Waals surface area contributed by atoms with Gasteiger partial charge in [0.25, 0.3) is 0 Å². The highest BCUT2D eigenvalue weighted by atomic mass is 32.2. The first kappa shape index (κ1) is 14.9. The standard InChI is InChI=1S/C13H21N3OS/c1-10(18-2)9-15-12(8-13(14)16-17)11-6-4-3-5-7-11/h3-7,10,12,15,17H,8-9H2,1-2H3,(H2,14,16). The number of nitrogens with one attached hydrogen (secondary N) is 1. The molecule has 0 radical (unpaired) electrons. The van der Waals surface area contributed by atoms with Crippen LogP contribution >= 0.6 is 11.8 Å². The van der Waals surface area contributed by atoms with E-state index in [-0.39, 0.29) is 11.9 Å². The first-order chi connectivity index (χ1) is 8.67. The lowest BCUT2D eigenvalue weighted by molar-refractivity contribution is 0.315. The third-order valence-electron chi connectivity index (χ3n) is 2.80. The van der Waals surface area contributed by atoms with E-state index < -0.39 is 0 Å². The molecule has 5 heteroatoms. The van der Waals surface area contributed by atoms with Gasteiger partial charge in [-0.3, -0.25) is 0 Å². The molecule has 4 N–H and O–H groups in total. The van der Waals surface area contributed by atoms with Gasteiger partial charge in [0, 0.05) is 24.3 Å². The monoisotopic (exact) mass is 267 g/mol. The summed E-state index contributed by atoms with van der Waals surface area (Å²) in [6, 6.07) is 10.1. The minimum atomic E-state index is 0.0803. The van der Waals surface area contributed by atoms with Crippen LogP contribution in [0.3, 0.4) is 0 Å². The number of nitrogens with two attached hydrogens (primary N) is 1. The van der Waals surface area contributed by atoms with E-state index in [1.54, 1.807) is 0 Å². The molecule has 0 spiro atoms. The second-order valence-corrected chi connectivity index (χ2v) is 5.49. The van der Waals surface area contributed by atoms with Gasteiger partial charge in [-0.1, -0.05) is 42.4 Å². The Balaban J connectivity index is 2.69. The van der Waals surface area contributed by atoms with Crippen LogP contribution in [0.2, 0.25) is 0 Å². The molecule has 18 heavy (non-hydrogen) atoms. The third-order valence-corrected chi connectivity index (χ3v) is 3.77. The molecular weight excluding hydrogens is 246 g/mol. The Labute approximate surface area is 113 Å². The minimum Gasteiger partial charge on any atom is -0.409 e. The van der Waals surface area contributed by atoms with Gasteiger partial charge in [0.05, 0.1) is 0 Å². The molecule has 0 aliphatic heterocycles. The number of hydrogen-bond acceptors (Lipinski definition) is 4. The molecule has 1 rings (SSSR count). The number of oxime groups is 1. The predicted octanol–water partition coefficient (Wildman–Crippen LogP) is 2.21. The lowest BCUT2D eigenvalue weighted by Gasteiger charge is -2.20. The van der Waals surface area contributed by atoms with Crippen LogP contribution in [0.25, 0.3) is 0 Å². The zero-order valence-electron chi connectivity index (χ0n) is 10.8. The summed E-state index contributed by atoms with van der Waals surface area (Å²) in [5.74, 6) is 0.244. The summed E-state index contributed by atoms with van der Waals surface area (Å²) in [5, 5.41) is 15.7. The molecule has 0 fully saturated rings. The summed E-state index contributed by atoms with van der Waals surface area (Å²) < 4.78 is 0. The van der Waals surface area contributed by atoms with Crippen LogP contribution < -0.4 is 11.1 Å². The smallest absolute Gasteiger partial charge is 0.141 e. The van der Waals surface area contributed by atoms with Crippen molar-refractivity contribution in [3.63, 3.8) is 0 Å². The summed E-state index contributed by atoms with van der Waals surface area (Å²) in [6.45, 7) is 3.06. The number of rotatable bonds is 7. The summed E-state index contributed by atoms with van der Waals surface area (Å²) in [7, 11) is 0. The van der Waals surface area contributed by atoms with Crippen molar-refractivity contribution in [2.75, 3.05) is 12.8 Å². The van der Waals surface area contributed by atoms with Crippen LogP contribution in [0.4, 0.5) is 0 Å². The molecule has 0 aliphatic rings. The van der Waals surface area contributed by atoms with Gasteiger partial charge in [0.2, 0.25) is 0 Å². The van der Waals surface area contributed by atoms with Crippen LogP contribution in [0, 0.1) is 0 Å². The fourth-order valence-corrected chi connectivity index (χ4v) is 1.90. The Kier molecular flexibility index (Phi) is 6.60. The summed E-state index contributed by atoms with van der Waals surface area (Å²) in [6.07, 6.45) is 2.59. The number of thioether (sulfide) groups is 1. The fraction of sp³-hybridized carbons (Fsp3) is 0.462. The van der Waals surface area contributed by atoms with Crippen LogP contribution in [0.5, 0.6) is 0 Å². The highest BCUT2D eigenvalue weighted by Crippen LogP contribution is 2.17. The van der Waals surface area contributed by atoms with Crippen molar-refractivity contribution in [1.29, 1.82) is 0 Å². The number of amidine groups is 1. The van der Waals surface area contributed by atoms with Crippen LogP contribution in [0.1, 0.15) is 24.9 Å². The first-order valence-corrected chi connectivity index (χ1v) is 7.23. The van der Waals surface area contributed by atoms with E-state index in [1.165, 1.54) is 0 Å². The normalized spacial score (nSPS) is 15.3. The molecule has 1 aromatic carbocycles. The number of benzene rings is 1. The summed E-state index contributed by atoms with van der Waals surface area (Å²) >= 11 is 1.81. The van der Waals surface area contributed by atoms with Crippen molar-refractivity contribution in [3.05, 3.63) is 35.9 Å². The Morgan fingerprint density at radius 3 is 2.67 bits per heavy atom. The van der Waals surface area contributed by atoms with Crippen LogP contribution in [-0.2, 0) is 0 Å². The second kappa shape index (κ2) is 8.00. The van der Waals surface area contributed by atoms with Gasteiger partial charge in [0.1, 0.15) is 5.84 Å². The van der Waals surface area contributed by atoms with E-state index in [0.29, 0.717) is 11.7 Å². The van der Waals surface area contributed by atoms with Crippen LogP contribution in [-0.4, -0.2) is 29.1 Å². The molecular formula is C13H21N3OS. The molecule has 0 saturated carbocycles. The molecule has 1 aromatic rings. The minimum absolute atomic E-state index is 0.0803. The lowest BCUT2D eigenvalue weighted by atomic mass is 10.0. The van der Waals surface area contributed by atoms with Gasteiger partial charge < -0.3 is 16.3 Å². The van der Waals surface area contributed by atoms with Gasteiger partial charge in [-0.05, 0) is 11.8 Å². The second-order valence-electron chi connectivity index (χ2n) is 4.21. The number of nitrogens with zero attached hydrogens (tertiary/aromatic N) is 1. The topological polar surface area (TPSA) is 70.6 Å². The van der Waals surface area contributed by atoms with E-state index in [2.05, 4.69) is 23.7 Å². The van der Waals surface area contributed by atoms with E-state index >= 15 is 0 Å². The van der Waals surface area contributed by atoms with Crippen LogP contribution in [0.15, 0.2) is 35.5 Å². The van der Waals surface area contributed by atoms with E-state index in [1.807, 2.05) is 42.1 Å². The van der Waals surface area contributed by atoms with Gasteiger partial charge in [-0.15, -0.1) is 0 Å². The van der Waals surface area contributed by atoms with Crippen molar-refractivity contribution in [3.8, 4) is 0 Å². The molecule has 0 amide bonds. The largest absolute Gasteiger partial charge is 0.409 e. The molecule has 2 atom stereocenters. The SMILES string of the molecule is CSC(C)CNC(C/C(N)=N/O)c1ccccc1. The molecule has 0 aliphatic carbocycles. The van der Waals surface area contributed by atoms with Gasteiger partial charge >= 0.3 is 0 Å². The molecule has 0 heterocycles. The third kappa shape index (κ3) is 4.98. The number of hydrogen-bond donors (Lipinski definition) is 3. The Hall–Kier alpha value is -1.20. The van der Waals surface area contributed by atoms with Crippen molar-refractivity contribution in [1.82, 2.24) is 5.32 Å². The predicted molar refractivity (Wildman–Crippen MR) is 78.2 cm³/mol. The van der Waals surface area contributed by atoms with E-state index in [0.717, 1.165) is 12.1 Å². The average Bonchev–Trinajstić information content (AvgIpc) is 2.43. The van der Waals surface area contributed by atoms with E-state index in [9.17, 15) is 0 Å². The summed E-state index contributed by atoms with van der Waals surface area (Å²) in [4.78, 5) is 0. The Morgan fingerprint density at radius 1 is 1.44 bits per heavy atom. The summed E-state index contributed by atoms with van der Waals surface area (Å²) in [5.41, 5.74) is 6.76. The molecule has 0 aromatic heterocycles. The van der Waals surface area contributed by atoms with Crippen molar-refractivity contribution < 1.29 is 5.21 Å². The quantitative estimate of drug-likeness (QED) is 0.306. The lowest BCUT2D eigenvalue weighted by Crippen LogP contribution is -2.31. The molecule has 4 nitrogen and oxygen atoms in total. The Morgan fingerprint density at radius 2 is 2.11 bits per heavy atom. The zero-order chi connectivity index (χ0) is 13.4. The molecule has 100 valence electrons. The maximum atomic E-state index is 8.69. The fourth-order valence-electron chi connectivity index (χ4n) is 1.63. The van der Waals surface area contributed by atoms with Gasteiger partial charge in [0.15, 0.2) is 0 Å². The maximum absolute atomic E-state index is 8.69. The maximum Gasteiger partial charge on any atom is 0.141 e. The highest BCUT2D eigenvalue weighted by Gasteiger charge is 2.13. The van der Waals surface area contributed by atoms with Crippen molar-refractivity contribution >= 4 is 17.6 Å². The molecule has 2 unspecified atom stereocenters. The first-order valence-electron chi connectivity index (χ1n) is 5.95. The van der Waals surface area contributed by atoms with Gasteiger partial charge in [-0.2, -0.15) is 11.8 Å². The van der Waals surface area contributed by atoms with Crippen molar-refractivity contribution in [2.45, 2.75) is 24.6 Å². The molecule has 0 saturated heterocycles. The molecule has 0 bridgehead atoms. The van der Waals surface area contributed by atoms with E-state index in [4.69, 9.17) is 10.9 Å². The van der Waals surface area contributed by atoms with Gasteiger partial charge in [-0.25, -0.2) is 0 Å². The highest BCUT2D eigenvalue weighted by molar-refractivity contribution is 7.99. The van der Waals surface area contributed by atoms with Crippen molar-refractivity contribution in [2.24, 2.45) is 10.9 Å². The average molecular weight is 267 g/mol. The Bertz CT molecular complexity index is 370. The zero-order valence-corrected chi connectivity index (χ0v) is 11.7.